The van der Waals surface area contributed by atoms with E-state index in [1.807, 2.05) is 35.8 Å². The molecule has 0 spiro atoms. The van der Waals surface area contributed by atoms with Crippen LogP contribution in [0.15, 0.2) is 72.0 Å². The molecule has 0 amide bonds. The molecule has 168 valence electrons. The van der Waals surface area contributed by atoms with Gasteiger partial charge in [-0.3, -0.25) is 10.2 Å². The molecule has 1 fully saturated rings. The van der Waals surface area contributed by atoms with Crippen LogP contribution in [0.3, 0.4) is 0 Å². The Morgan fingerprint density at radius 2 is 2.15 bits per heavy atom. The zero-order chi connectivity index (χ0) is 23.7. The highest BCUT2D eigenvalue weighted by molar-refractivity contribution is 6.17. The van der Waals surface area contributed by atoms with Gasteiger partial charge >= 0.3 is 0 Å². The van der Waals surface area contributed by atoms with Crippen molar-refractivity contribution in [3.8, 4) is 0 Å². The Labute approximate surface area is 191 Å². The van der Waals surface area contributed by atoms with Gasteiger partial charge in [0.2, 0.25) is 0 Å². The lowest BCUT2D eigenvalue weighted by molar-refractivity contribution is 0.435. The second-order valence-corrected chi connectivity index (χ2v) is 8.09. The van der Waals surface area contributed by atoms with Gasteiger partial charge in [0.1, 0.15) is 23.7 Å². The number of aliphatic hydroxyl groups excluding tert-OH is 1. The minimum Gasteiger partial charge on any atom is -0.509 e. The number of anilines is 2. The van der Waals surface area contributed by atoms with Crippen LogP contribution >= 0.6 is 0 Å². The minimum atomic E-state index is -0.209. The Bertz CT molecular complexity index is 1380. The van der Waals surface area contributed by atoms with Crippen molar-refractivity contribution >= 4 is 28.1 Å². The third-order valence-electron chi connectivity index (χ3n) is 5.68. The maximum Gasteiger partial charge on any atom is 0.259 e. The third-order valence-corrected chi connectivity index (χ3v) is 5.68. The summed E-state index contributed by atoms with van der Waals surface area (Å²) in [6.45, 7) is 9.39. The lowest BCUT2D eigenvalue weighted by atomic mass is 10.0. The summed E-state index contributed by atoms with van der Waals surface area (Å²) in [6, 6.07) is 8.05. The van der Waals surface area contributed by atoms with Crippen LogP contribution in [-0.2, 0) is 6.54 Å². The highest BCUT2D eigenvalue weighted by Crippen LogP contribution is 2.35. The Hall–Kier alpha value is -4.20. The molecule has 33 heavy (non-hydrogen) atoms. The van der Waals surface area contributed by atoms with Gasteiger partial charge in [-0.05, 0) is 42.9 Å². The van der Waals surface area contributed by atoms with Crippen molar-refractivity contribution in [2.45, 2.75) is 32.4 Å². The van der Waals surface area contributed by atoms with Crippen molar-refractivity contribution in [2.24, 2.45) is 0 Å². The predicted molar refractivity (Wildman–Crippen MR) is 132 cm³/mol. The predicted octanol–water partition coefficient (Wildman–Crippen LogP) is 4.18. The molecule has 0 aliphatic heterocycles. The van der Waals surface area contributed by atoms with Gasteiger partial charge in [0.05, 0.1) is 23.2 Å². The third kappa shape index (κ3) is 4.27. The summed E-state index contributed by atoms with van der Waals surface area (Å²) < 4.78 is 1.86. The van der Waals surface area contributed by atoms with Crippen molar-refractivity contribution in [1.29, 1.82) is 5.41 Å². The highest BCUT2D eigenvalue weighted by Gasteiger charge is 2.28. The van der Waals surface area contributed by atoms with Gasteiger partial charge in [0, 0.05) is 17.3 Å². The van der Waals surface area contributed by atoms with Gasteiger partial charge in [-0.15, -0.1) is 0 Å². The Kier molecular flexibility index (Phi) is 5.83. The van der Waals surface area contributed by atoms with E-state index in [2.05, 4.69) is 28.4 Å². The van der Waals surface area contributed by atoms with Crippen LogP contribution in [-0.4, -0.2) is 25.4 Å². The van der Waals surface area contributed by atoms with E-state index in [0.29, 0.717) is 17.9 Å². The quantitative estimate of drug-likeness (QED) is 0.235. The van der Waals surface area contributed by atoms with E-state index >= 15 is 0 Å². The number of hydrogen-bond donors (Lipinski definition) is 4. The normalized spacial score (nSPS) is 13.7. The number of nitrogens with zero attached hydrogens (tertiary/aromatic N) is 3. The first kappa shape index (κ1) is 22.0. The van der Waals surface area contributed by atoms with E-state index in [1.54, 1.807) is 0 Å². The number of allylic oxidation sites excluding steroid dienone is 3. The molecule has 0 unspecified atom stereocenters. The first-order valence-electron chi connectivity index (χ1n) is 10.6. The zero-order valence-electron chi connectivity index (χ0n) is 18.4. The number of benzene rings is 1. The van der Waals surface area contributed by atoms with Crippen molar-refractivity contribution in [3.63, 3.8) is 0 Å². The molecule has 1 aliphatic rings. The van der Waals surface area contributed by atoms with Crippen molar-refractivity contribution in [3.05, 3.63) is 94.4 Å². The summed E-state index contributed by atoms with van der Waals surface area (Å²) >= 11 is 0. The molecule has 4 rings (SSSR count). The average molecular weight is 443 g/mol. The molecule has 2 heterocycles. The Morgan fingerprint density at radius 1 is 1.39 bits per heavy atom. The maximum absolute atomic E-state index is 13.3. The van der Waals surface area contributed by atoms with Gasteiger partial charge in [0.25, 0.3) is 5.56 Å². The second kappa shape index (κ2) is 8.74. The van der Waals surface area contributed by atoms with Crippen molar-refractivity contribution < 1.29 is 5.11 Å². The molecular formula is C25H26N6O2. The summed E-state index contributed by atoms with van der Waals surface area (Å²) in [5.74, 6) is 0.255. The van der Waals surface area contributed by atoms with E-state index in [-0.39, 0.29) is 34.5 Å². The maximum atomic E-state index is 13.3. The first-order chi connectivity index (χ1) is 15.8. The van der Waals surface area contributed by atoms with Crippen LogP contribution in [0.4, 0.5) is 11.6 Å². The molecular weight excluding hydrogens is 416 g/mol. The highest BCUT2D eigenvalue weighted by atomic mass is 16.3. The van der Waals surface area contributed by atoms with Crippen LogP contribution in [0.2, 0.25) is 0 Å². The van der Waals surface area contributed by atoms with Crippen LogP contribution in [0.5, 0.6) is 0 Å². The SMILES string of the molecule is C=C/C(=C\C(=C)O)C(=N)c1c(N)ncnc1NCc1cc2cccc(C)c2c(=O)n1C1CC1. The lowest BCUT2D eigenvalue weighted by Gasteiger charge is -2.18. The molecule has 2 aromatic heterocycles. The largest absolute Gasteiger partial charge is 0.509 e. The molecule has 8 heteroatoms. The van der Waals surface area contributed by atoms with Gasteiger partial charge in [-0.25, -0.2) is 9.97 Å². The van der Waals surface area contributed by atoms with Crippen LogP contribution in [0.1, 0.15) is 35.7 Å². The lowest BCUT2D eigenvalue weighted by Crippen LogP contribution is -2.25. The Balaban J connectivity index is 1.74. The van der Waals surface area contributed by atoms with E-state index in [0.717, 1.165) is 34.9 Å². The van der Waals surface area contributed by atoms with E-state index in [4.69, 9.17) is 11.1 Å². The number of aryl methyl sites for hydroxylation is 1. The standard InChI is InChI=1S/C25H26N6O2/c1-4-16(10-15(3)32)22(26)21-23(27)29-13-30-24(21)28-12-19-11-17-7-5-6-14(2)20(17)25(33)31(19)18-8-9-18/h4-7,10-11,13,18,26,32H,1,3,8-9,12H2,2H3,(H3,27,28,29,30)/b16-10+,26-22?. The number of aliphatic hydroxyl groups is 1. The van der Waals surface area contributed by atoms with Gasteiger partial charge in [0.15, 0.2) is 0 Å². The number of rotatable bonds is 8. The van der Waals surface area contributed by atoms with Gasteiger partial charge in [-0.1, -0.05) is 37.4 Å². The molecule has 0 saturated heterocycles. The fourth-order valence-electron chi connectivity index (χ4n) is 3.98. The first-order valence-corrected chi connectivity index (χ1v) is 10.6. The Morgan fingerprint density at radius 3 is 2.82 bits per heavy atom. The number of nitrogen functional groups attached to an aromatic ring is 1. The zero-order valence-corrected chi connectivity index (χ0v) is 18.4. The second-order valence-electron chi connectivity index (χ2n) is 8.09. The summed E-state index contributed by atoms with van der Waals surface area (Å²) in [5, 5.41) is 23.0. The van der Waals surface area contributed by atoms with E-state index < -0.39 is 0 Å². The number of aromatic nitrogens is 3. The fraction of sp³-hybridized carbons (Fsp3) is 0.200. The van der Waals surface area contributed by atoms with Crippen LogP contribution in [0, 0.1) is 12.3 Å². The van der Waals surface area contributed by atoms with Gasteiger partial charge < -0.3 is 20.7 Å². The monoisotopic (exact) mass is 442 g/mol. The molecule has 0 atom stereocenters. The van der Waals surface area contributed by atoms with Crippen LogP contribution in [0.25, 0.3) is 10.8 Å². The smallest absolute Gasteiger partial charge is 0.259 e. The number of fused-ring (bicyclic) bond motifs is 1. The summed E-state index contributed by atoms with van der Waals surface area (Å²) in [6.07, 6.45) is 6.01. The van der Waals surface area contributed by atoms with Crippen molar-refractivity contribution in [2.75, 3.05) is 11.1 Å². The molecule has 1 aliphatic carbocycles. The molecule has 3 aromatic rings. The van der Waals surface area contributed by atoms with E-state index in [1.165, 1.54) is 18.5 Å². The number of hydrogen-bond acceptors (Lipinski definition) is 7. The minimum absolute atomic E-state index is 0.00507. The molecule has 0 bridgehead atoms. The molecule has 0 radical (unpaired) electrons. The molecule has 5 N–H and O–H groups in total. The summed E-state index contributed by atoms with van der Waals surface area (Å²) in [7, 11) is 0. The summed E-state index contributed by atoms with van der Waals surface area (Å²) in [5.41, 5.74) is 8.48. The number of nitrogens with two attached hydrogens (primary N) is 1. The average Bonchev–Trinajstić information content (AvgIpc) is 3.60. The van der Waals surface area contributed by atoms with Gasteiger partial charge in [-0.2, -0.15) is 0 Å². The number of pyridine rings is 1. The molecule has 1 saturated carbocycles. The summed E-state index contributed by atoms with van der Waals surface area (Å²) in [4.78, 5) is 21.6. The number of nitrogens with one attached hydrogen (secondary N) is 2. The fourth-order valence-corrected chi connectivity index (χ4v) is 3.98. The van der Waals surface area contributed by atoms with E-state index in [9.17, 15) is 9.90 Å². The van der Waals surface area contributed by atoms with Crippen LogP contribution < -0.4 is 16.6 Å². The molecule has 1 aromatic carbocycles. The molecule has 8 nitrogen and oxygen atoms in total. The van der Waals surface area contributed by atoms with Crippen molar-refractivity contribution in [1.82, 2.24) is 14.5 Å². The topological polar surface area (TPSA) is 130 Å².